The second-order valence-electron chi connectivity index (χ2n) is 7.92. The Balaban J connectivity index is 1.36. The second kappa shape index (κ2) is 13.3. The Hall–Kier alpha value is -0.910. The summed E-state index contributed by atoms with van der Waals surface area (Å²) < 4.78 is 5.35. The van der Waals surface area contributed by atoms with Gasteiger partial charge in [0.1, 0.15) is 0 Å². The van der Waals surface area contributed by atoms with Crippen LogP contribution in [0.4, 0.5) is 4.79 Å². The van der Waals surface area contributed by atoms with Gasteiger partial charge in [-0.1, -0.05) is 64.7 Å². The molecule has 2 saturated heterocycles. The lowest BCUT2D eigenvalue weighted by Gasteiger charge is -2.16. The van der Waals surface area contributed by atoms with E-state index in [2.05, 4.69) is 17.6 Å². The molecule has 2 rings (SSSR count). The summed E-state index contributed by atoms with van der Waals surface area (Å²) in [6.07, 6.45) is 15.0. The van der Waals surface area contributed by atoms with E-state index >= 15 is 0 Å². The zero-order valence-corrected chi connectivity index (χ0v) is 17.8. The number of esters is 1. The molecule has 0 aromatic carbocycles. The number of ether oxygens (including phenoxy) is 1. The minimum Gasteiger partial charge on any atom is -0.466 e. The van der Waals surface area contributed by atoms with Crippen LogP contribution in [0, 0.1) is 0 Å². The lowest BCUT2D eigenvalue weighted by atomic mass is 10.0. The van der Waals surface area contributed by atoms with Crippen LogP contribution in [-0.2, 0) is 9.53 Å². The van der Waals surface area contributed by atoms with Crippen LogP contribution in [0.2, 0.25) is 0 Å². The fourth-order valence-corrected chi connectivity index (χ4v) is 5.47. The number of fused-ring (bicyclic) bond motifs is 1. The van der Waals surface area contributed by atoms with Crippen molar-refractivity contribution in [3.63, 3.8) is 0 Å². The minimum atomic E-state index is -0.0534. The number of amides is 2. The predicted octanol–water partition coefficient (Wildman–Crippen LogP) is 4.79. The molecule has 0 radical (unpaired) electrons. The molecule has 2 amide bonds. The van der Waals surface area contributed by atoms with Crippen LogP contribution in [0.3, 0.4) is 0 Å². The average molecular weight is 399 g/mol. The van der Waals surface area contributed by atoms with Crippen LogP contribution in [0.25, 0.3) is 0 Å². The van der Waals surface area contributed by atoms with Crippen LogP contribution in [0.15, 0.2) is 0 Å². The van der Waals surface area contributed by atoms with Crippen molar-refractivity contribution in [3.8, 4) is 0 Å². The molecule has 0 aromatic heterocycles. The van der Waals surface area contributed by atoms with Gasteiger partial charge in [-0.2, -0.15) is 11.8 Å². The number of urea groups is 1. The second-order valence-corrected chi connectivity index (χ2v) is 9.19. The lowest BCUT2D eigenvalue weighted by molar-refractivity contribution is -0.143. The SMILES string of the molecule is CCCCCCCCCCCOC(=O)CCCC[C@@H]1SC[C@@H]2NC(=O)N[C@@H]21. The molecule has 0 spiro atoms. The third kappa shape index (κ3) is 8.75. The van der Waals surface area contributed by atoms with Gasteiger partial charge in [0.2, 0.25) is 0 Å². The molecule has 0 aromatic rings. The maximum atomic E-state index is 11.8. The molecule has 2 aliphatic heterocycles. The maximum absolute atomic E-state index is 11.8. The van der Waals surface area contributed by atoms with Crippen LogP contribution < -0.4 is 10.6 Å². The Kier molecular flexibility index (Phi) is 11.0. The topological polar surface area (TPSA) is 67.4 Å². The quantitative estimate of drug-likeness (QED) is 0.236. The smallest absolute Gasteiger partial charge is 0.315 e. The Morgan fingerprint density at radius 3 is 2.44 bits per heavy atom. The van der Waals surface area contributed by atoms with Gasteiger partial charge in [0.05, 0.1) is 18.7 Å². The van der Waals surface area contributed by atoms with Crippen LogP contribution in [-0.4, -0.2) is 41.7 Å². The Bertz CT molecular complexity index is 447. The molecule has 156 valence electrons. The zero-order chi connectivity index (χ0) is 19.3. The zero-order valence-electron chi connectivity index (χ0n) is 17.0. The molecule has 0 aliphatic carbocycles. The van der Waals surface area contributed by atoms with Crippen molar-refractivity contribution in [2.75, 3.05) is 12.4 Å². The van der Waals surface area contributed by atoms with Gasteiger partial charge in [0.25, 0.3) is 0 Å². The van der Waals surface area contributed by atoms with Gasteiger partial charge >= 0.3 is 12.0 Å². The van der Waals surface area contributed by atoms with Crippen LogP contribution >= 0.6 is 11.8 Å². The molecule has 3 atom stereocenters. The highest BCUT2D eigenvalue weighted by molar-refractivity contribution is 8.00. The van der Waals surface area contributed by atoms with E-state index in [1.807, 2.05) is 11.8 Å². The third-order valence-corrected chi connectivity index (χ3v) is 7.08. The van der Waals surface area contributed by atoms with E-state index in [1.165, 1.54) is 51.4 Å². The Morgan fingerprint density at radius 2 is 1.70 bits per heavy atom. The Morgan fingerprint density at radius 1 is 1.00 bits per heavy atom. The van der Waals surface area contributed by atoms with Crippen molar-refractivity contribution >= 4 is 23.8 Å². The first-order chi connectivity index (χ1) is 13.2. The fraction of sp³-hybridized carbons (Fsp3) is 0.905. The van der Waals surface area contributed by atoms with Gasteiger partial charge in [-0.25, -0.2) is 4.79 Å². The third-order valence-electron chi connectivity index (χ3n) is 5.57. The fourth-order valence-electron chi connectivity index (χ4n) is 3.93. The van der Waals surface area contributed by atoms with Gasteiger partial charge in [0, 0.05) is 17.4 Å². The highest BCUT2D eigenvalue weighted by Crippen LogP contribution is 2.33. The normalized spacial score (nSPS) is 23.7. The van der Waals surface area contributed by atoms with Crippen molar-refractivity contribution in [2.24, 2.45) is 0 Å². The molecule has 5 nitrogen and oxygen atoms in total. The first-order valence-corrected chi connectivity index (χ1v) is 12.1. The summed E-state index contributed by atoms with van der Waals surface area (Å²) in [5.41, 5.74) is 0. The van der Waals surface area contributed by atoms with Crippen molar-refractivity contribution in [3.05, 3.63) is 0 Å². The molecule has 2 N–H and O–H groups in total. The van der Waals surface area contributed by atoms with E-state index in [1.54, 1.807) is 0 Å². The molecular weight excluding hydrogens is 360 g/mol. The van der Waals surface area contributed by atoms with Crippen molar-refractivity contribution < 1.29 is 14.3 Å². The first kappa shape index (κ1) is 22.4. The maximum Gasteiger partial charge on any atom is 0.315 e. The molecular formula is C21H38N2O3S. The van der Waals surface area contributed by atoms with Gasteiger partial charge in [0.15, 0.2) is 0 Å². The largest absolute Gasteiger partial charge is 0.466 e. The predicted molar refractivity (Wildman–Crippen MR) is 112 cm³/mol. The first-order valence-electron chi connectivity index (χ1n) is 11.0. The number of rotatable bonds is 15. The Labute approximate surface area is 169 Å². The molecule has 6 heteroatoms. The number of hydrogen-bond acceptors (Lipinski definition) is 4. The summed E-state index contributed by atoms with van der Waals surface area (Å²) in [6, 6.07) is 0.519. The van der Waals surface area contributed by atoms with Gasteiger partial charge in [-0.05, 0) is 19.3 Å². The monoisotopic (exact) mass is 398 g/mol. The molecule has 0 saturated carbocycles. The lowest BCUT2D eigenvalue weighted by Crippen LogP contribution is -2.36. The standard InChI is InChI=1S/C21H38N2O3S/c1-2-3-4-5-6-7-8-9-12-15-26-19(24)14-11-10-13-18-20-17(16-27-18)22-21(25)23-20/h17-18,20H,2-16H2,1H3,(H2,22,23,25)/t17-,18-,20-/m0/s1. The van der Waals surface area contributed by atoms with E-state index in [0.717, 1.165) is 31.4 Å². The van der Waals surface area contributed by atoms with Crippen molar-refractivity contribution in [1.29, 1.82) is 0 Å². The summed E-state index contributed by atoms with van der Waals surface area (Å²) in [6.45, 7) is 2.83. The van der Waals surface area contributed by atoms with Crippen LogP contribution in [0.5, 0.6) is 0 Å². The van der Waals surface area contributed by atoms with Gasteiger partial charge in [-0.3, -0.25) is 4.79 Å². The molecule has 2 aliphatic rings. The molecule has 27 heavy (non-hydrogen) atoms. The van der Waals surface area contributed by atoms with Gasteiger partial charge in [-0.15, -0.1) is 0 Å². The van der Waals surface area contributed by atoms with E-state index in [4.69, 9.17) is 4.74 Å². The highest BCUT2D eigenvalue weighted by atomic mass is 32.2. The molecule has 2 heterocycles. The van der Waals surface area contributed by atoms with E-state index < -0.39 is 0 Å². The molecule has 0 bridgehead atoms. The minimum absolute atomic E-state index is 0.0321. The summed E-state index contributed by atoms with van der Waals surface area (Å²) in [5, 5.41) is 6.45. The van der Waals surface area contributed by atoms with E-state index in [9.17, 15) is 9.59 Å². The number of hydrogen-bond donors (Lipinski definition) is 2. The number of thioether (sulfide) groups is 1. The average Bonchev–Trinajstić information content (AvgIpc) is 3.20. The number of nitrogens with one attached hydrogen (secondary N) is 2. The van der Waals surface area contributed by atoms with Crippen molar-refractivity contribution in [1.82, 2.24) is 10.6 Å². The number of carbonyl (C=O) groups is 2. The van der Waals surface area contributed by atoms with Gasteiger partial charge < -0.3 is 15.4 Å². The van der Waals surface area contributed by atoms with E-state index in [0.29, 0.717) is 18.3 Å². The van der Waals surface area contributed by atoms with E-state index in [-0.39, 0.29) is 24.1 Å². The molecule has 0 unspecified atom stereocenters. The number of unbranched alkanes of at least 4 members (excludes halogenated alkanes) is 9. The summed E-state index contributed by atoms with van der Waals surface area (Å²) in [5.74, 6) is 0.942. The molecule has 2 fully saturated rings. The summed E-state index contributed by atoms with van der Waals surface area (Å²) >= 11 is 1.93. The van der Waals surface area contributed by atoms with Crippen molar-refractivity contribution in [2.45, 2.75) is 108 Å². The van der Waals surface area contributed by atoms with Crippen LogP contribution in [0.1, 0.15) is 90.4 Å². The summed E-state index contributed by atoms with van der Waals surface area (Å²) in [4.78, 5) is 23.2. The highest BCUT2D eigenvalue weighted by Gasteiger charge is 2.42. The summed E-state index contributed by atoms with van der Waals surface area (Å²) in [7, 11) is 0. The number of carbonyl (C=O) groups excluding carboxylic acids is 2.